The molecule has 1 amide bonds. The lowest BCUT2D eigenvalue weighted by atomic mass is 10.1. The second-order valence-electron chi connectivity index (χ2n) is 4.17. The van der Waals surface area contributed by atoms with E-state index in [0.29, 0.717) is 12.2 Å². The highest BCUT2D eigenvalue weighted by molar-refractivity contribution is 5.78. The van der Waals surface area contributed by atoms with Crippen molar-refractivity contribution >= 4 is 11.9 Å². The monoisotopic (exact) mass is 270 g/mol. The second-order valence-corrected chi connectivity index (χ2v) is 4.17. The molecule has 1 atom stereocenters. The van der Waals surface area contributed by atoms with E-state index in [9.17, 15) is 9.59 Å². The van der Waals surface area contributed by atoms with Crippen molar-refractivity contribution in [1.82, 2.24) is 10.5 Å². The number of nitrogens with one attached hydrogen (secondary N) is 1. The molecule has 0 spiro atoms. The van der Waals surface area contributed by atoms with E-state index in [0.717, 1.165) is 11.3 Å². The van der Waals surface area contributed by atoms with Gasteiger partial charge in [-0.05, 0) is 20.3 Å². The Labute approximate surface area is 110 Å². The minimum absolute atomic E-state index is 0.0493. The van der Waals surface area contributed by atoms with Crippen LogP contribution in [0.1, 0.15) is 23.4 Å². The highest BCUT2D eigenvalue weighted by Crippen LogP contribution is 2.14. The van der Waals surface area contributed by atoms with Crippen molar-refractivity contribution in [1.29, 1.82) is 0 Å². The molecule has 1 heterocycles. The lowest BCUT2D eigenvalue weighted by Crippen LogP contribution is -2.37. The van der Waals surface area contributed by atoms with Gasteiger partial charge in [-0.2, -0.15) is 0 Å². The third kappa shape index (κ3) is 4.36. The summed E-state index contributed by atoms with van der Waals surface area (Å²) in [5.74, 6) is -0.637. The Bertz CT molecular complexity index is 435. The average molecular weight is 270 g/mol. The Morgan fingerprint density at radius 1 is 1.47 bits per heavy atom. The molecule has 0 aliphatic carbocycles. The lowest BCUT2D eigenvalue weighted by molar-refractivity contribution is -0.148. The van der Waals surface area contributed by atoms with E-state index >= 15 is 0 Å². The largest absolute Gasteiger partial charge is 0.479 e. The molecule has 2 N–H and O–H groups in total. The average Bonchev–Trinajstić information content (AvgIpc) is 2.67. The Morgan fingerprint density at radius 3 is 2.63 bits per heavy atom. The summed E-state index contributed by atoms with van der Waals surface area (Å²) < 4.78 is 9.71. The van der Waals surface area contributed by atoms with E-state index in [2.05, 4.69) is 10.5 Å². The molecular weight excluding hydrogens is 252 g/mol. The molecule has 1 aromatic rings. The van der Waals surface area contributed by atoms with Crippen LogP contribution in [0.25, 0.3) is 0 Å². The number of aromatic nitrogens is 1. The number of hydrogen-bond donors (Lipinski definition) is 2. The van der Waals surface area contributed by atoms with Crippen molar-refractivity contribution in [3.05, 3.63) is 17.0 Å². The molecule has 7 heteroatoms. The summed E-state index contributed by atoms with van der Waals surface area (Å²) in [6, 6.07) is 0. The van der Waals surface area contributed by atoms with E-state index in [-0.39, 0.29) is 18.9 Å². The van der Waals surface area contributed by atoms with Crippen molar-refractivity contribution < 1.29 is 24.0 Å². The minimum Gasteiger partial charge on any atom is -0.479 e. The van der Waals surface area contributed by atoms with E-state index in [1.807, 2.05) is 6.92 Å². The summed E-state index contributed by atoms with van der Waals surface area (Å²) in [6.45, 7) is 3.56. The number of methoxy groups -OCH3 is 1. The van der Waals surface area contributed by atoms with Crippen LogP contribution in [-0.2, 0) is 20.7 Å². The van der Waals surface area contributed by atoms with Crippen LogP contribution in [-0.4, -0.2) is 41.9 Å². The summed E-state index contributed by atoms with van der Waals surface area (Å²) in [5.41, 5.74) is 1.68. The van der Waals surface area contributed by atoms with Gasteiger partial charge in [0.2, 0.25) is 5.91 Å². The first-order chi connectivity index (χ1) is 8.95. The number of hydrogen-bond acceptors (Lipinski definition) is 5. The maximum absolute atomic E-state index is 11.6. The van der Waals surface area contributed by atoms with E-state index in [1.165, 1.54) is 7.11 Å². The zero-order valence-corrected chi connectivity index (χ0v) is 11.2. The highest BCUT2D eigenvalue weighted by atomic mass is 16.5. The third-order valence-electron chi connectivity index (χ3n) is 2.83. The fourth-order valence-electron chi connectivity index (χ4n) is 1.66. The van der Waals surface area contributed by atoms with Gasteiger partial charge in [-0.15, -0.1) is 0 Å². The number of nitrogens with zero attached hydrogens (tertiary/aromatic N) is 1. The number of carboxylic acid groups (broad SMARTS) is 1. The molecule has 0 aliphatic rings. The predicted octanol–water partition coefficient (Wildman–Crippen LogP) is 0.440. The van der Waals surface area contributed by atoms with Crippen molar-refractivity contribution in [2.75, 3.05) is 13.7 Å². The first-order valence-electron chi connectivity index (χ1n) is 5.89. The minimum atomic E-state index is -1.10. The summed E-state index contributed by atoms with van der Waals surface area (Å²) in [4.78, 5) is 22.3. The van der Waals surface area contributed by atoms with Gasteiger partial charge in [-0.25, -0.2) is 4.79 Å². The normalized spacial score (nSPS) is 12.2. The maximum Gasteiger partial charge on any atom is 0.334 e. The predicted molar refractivity (Wildman–Crippen MR) is 65.7 cm³/mol. The number of aryl methyl sites for hydroxylation is 2. The Morgan fingerprint density at radius 2 is 2.16 bits per heavy atom. The molecule has 0 bridgehead atoms. The number of amides is 1. The number of rotatable bonds is 7. The van der Waals surface area contributed by atoms with E-state index < -0.39 is 12.1 Å². The van der Waals surface area contributed by atoms with Crippen LogP contribution in [0.15, 0.2) is 4.52 Å². The fraction of sp³-hybridized carbons (Fsp3) is 0.583. The second kappa shape index (κ2) is 6.89. The summed E-state index contributed by atoms with van der Waals surface area (Å²) in [7, 11) is 1.29. The first kappa shape index (κ1) is 15.2. The first-order valence-corrected chi connectivity index (χ1v) is 5.89. The van der Waals surface area contributed by atoms with Gasteiger partial charge < -0.3 is 19.7 Å². The van der Waals surface area contributed by atoms with E-state index in [1.54, 1.807) is 6.92 Å². The van der Waals surface area contributed by atoms with Gasteiger partial charge in [-0.3, -0.25) is 4.79 Å². The molecule has 106 valence electrons. The Balaban J connectivity index is 2.38. The molecule has 19 heavy (non-hydrogen) atoms. The third-order valence-corrected chi connectivity index (χ3v) is 2.83. The maximum atomic E-state index is 11.6. The molecule has 1 aromatic heterocycles. The molecule has 0 saturated heterocycles. The van der Waals surface area contributed by atoms with Gasteiger partial charge in [0.05, 0.1) is 12.2 Å². The summed E-state index contributed by atoms with van der Waals surface area (Å²) in [5, 5.41) is 15.1. The SMILES string of the molecule is COC(CNC(=O)CCc1c(C)noc1C)C(=O)O. The van der Waals surface area contributed by atoms with Gasteiger partial charge >= 0.3 is 5.97 Å². The fourth-order valence-corrected chi connectivity index (χ4v) is 1.66. The molecule has 0 radical (unpaired) electrons. The number of carbonyl (C=O) groups is 2. The summed E-state index contributed by atoms with van der Waals surface area (Å²) in [6.07, 6.45) is -0.264. The van der Waals surface area contributed by atoms with Gasteiger partial charge in [0.1, 0.15) is 5.76 Å². The lowest BCUT2D eigenvalue weighted by Gasteiger charge is -2.11. The molecule has 0 fully saturated rings. The van der Waals surface area contributed by atoms with Gasteiger partial charge in [0.15, 0.2) is 6.10 Å². The zero-order chi connectivity index (χ0) is 14.4. The van der Waals surface area contributed by atoms with Crippen LogP contribution < -0.4 is 5.32 Å². The molecule has 1 unspecified atom stereocenters. The number of carboxylic acids is 1. The highest BCUT2D eigenvalue weighted by Gasteiger charge is 2.17. The topological polar surface area (TPSA) is 102 Å². The zero-order valence-electron chi connectivity index (χ0n) is 11.2. The molecule has 0 aromatic carbocycles. The Hall–Kier alpha value is -1.89. The van der Waals surface area contributed by atoms with Gasteiger partial charge in [-0.1, -0.05) is 5.16 Å². The number of carbonyl (C=O) groups excluding carboxylic acids is 1. The van der Waals surface area contributed by atoms with Crippen molar-refractivity contribution in [2.24, 2.45) is 0 Å². The number of aliphatic carboxylic acids is 1. The summed E-state index contributed by atoms with van der Waals surface area (Å²) >= 11 is 0. The van der Waals surface area contributed by atoms with Crippen LogP contribution in [0.2, 0.25) is 0 Å². The quantitative estimate of drug-likeness (QED) is 0.745. The standard InChI is InChI=1S/C12H18N2O5/c1-7-9(8(2)19-14-7)4-5-11(15)13-6-10(18-3)12(16)17/h10H,4-6H2,1-3H3,(H,13,15)(H,16,17). The van der Waals surface area contributed by atoms with Gasteiger partial charge in [0, 0.05) is 19.1 Å². The molecule has 1 rings (SSSR count). The van der Waals surface area contributed by atoms with Crippen LogP contribution in [0, 0.1) is 13.8 Å². The van der Waals surface area contributed by atoms with Crippen molar-refractivity contribution in [2.45, 2.75) is 32.8 Å². The molecule has 7 nitrogen and oxygen atoms in total. The van der Waals surface area contributed by atoms with Gasteiger partial charge in [0.25, 0.3) is 0 Å². The number of ether oxygens (including phenoxy) is 1. The molecular formula is C12H18N2O5. The van der Waals surface area contributed by atoms with Crippen LogP contribution in [0.5, 0.6) is 0 Å². The van der Waals surface area contributed by atoms with Crippen LogP contribution in [0.4, 0.5) is 0 Å². The Kier molecular flexibility index (Phi) is 5.50. The van der Waals surface area contributed by atoms with E-state index in [4.69, 9.17) is 14.4 Å². The van der Waals surface area contributed by atoms with Crippen molar-refractivity contribution in [3.8, 4) is 0 Å². The van der Waals surface area contributed by atoms with Crippen molar-refractivity contribution in [3.63, 3.8) is 0 Å². The molecule has 0 aliphatic heterocycles. The molecule has 0 saturated carbocycles. The smallest absolute Gasteiger partial charge is 0.334 e. The van der Waals surface area contributed by atoms with Crippen LogP contribution in [0.3, 0.4) is 0 Å². The van der Waals surface area contributed by atoms with Crippen LogP contribution >= 0.6 is 0 Å².